The molecule has 3 aromatic carbocycles. The van der Waals surface area contributed by atoms with E-state index in [0.717, 1.165) is 25.8 Å². The molecule has 2 amide bonds. The molecule has 14 heteroatoms. The van der Waals surface area contributed by atoms with Gasteiger partial charge in [-0.15, -0.1) is 0 Å². The maximum Gasteiger partial charge on any atom is 0.435 e. The van der Waals surface area contributed by atoms with Gasteiger partial charge in [-0.25, -0.2) is 8.78 Å². The van der Waals surface area contributed by atoms with Crippen LogP contribution in [0.15, 0.2) is 48.5 Å². The van der Waals surface area contributed by atoms with Crippen LogP contribution >= 0.6 is 11.6 Å². The fourth-order valence-electron chi connectivity index (χ4n) is 4.64. The second kappa shape index (κ2) is 11.7. The average Bonchev–Trinajstić information content (AvgIpc) is 3.76. The van der Waals surface area contributed by atoms with Crippen LogP contribution in [-0.4, -0.2) is 30.7 Å². The lowest BCUT2D eigenvalue weighted by Crippen LogP contribution is -2.50. The lowest BCUT2D eigenvalue weighted by atomic mass is 9.92. The number of nitriles is 1. The molecule has 1 fully saturated rings. The number of anilines is 2. The Morgan fingerprint density at radius 1 is 0.955 bits per heavy atom. The van der Waals surface area contributed by atoms with Gasteiger partial charge in [-0.05, 0) is 80.1 Å². The fourth-order valence-corrected chi connectivity index (χ4v) is 4.96. The van der Waals surface area contributed by atoms with E-state index < -0.39 is 63.1 Å². The summed E-state index contributed by atoms with van der Waals surface area (Å²) >= 11 is 5.92. The fraction of sp³-hybridized carbons (Fsp3) is 0.300. The average molecular weight is 644 g/mol. The number of hydrogen-bond donors (Lipinski definition) is 1. The SMILES string of the molecule is Cc1cc(C#N)ccc1C(=O)N(CC1CC1)c1cccc(C(=O)Nc2c(C)cc(C(F)(C(F)(F)F)C(F)(F)F)cc2Cl)c1F. The summed E-state index contributed by atoms with van der Waals surface area (Å²) in [5.41, 5.74) is -8.43. The molecule has 0 saturated heterocycles. The summed E-state index contributed by atoms with van der Waals surface area (Å²) in [6, 6.07) is 10.3. The largest absolute Gasteiger partial charge is 0.435 e. The van der Waals surface area contributed by atoms with E-state index in [4.69, 9.17) is 16.9 Å². The smallest absolute Gasteiger partial charge is 0.320 e. The first kappa shape index (κ1) is 32.7. The Morgan fingerprint density at radius 2 is 1.59 bits per heavy atom. The molecule has 0 unspecified atom stereocenters. The predicted molar refractivity (Wildman–Crippen MR) is 146 cm³/mol. The number of hydrogen-bond acceptors (Lipinski definition) is 3. The van der Waals surface area contributed by atoms with Crippen LogP contribution in [0, 0.1) is 36.9 Å². The number of nitrogens with one attached hydrogen (secondary N) is 1. The number of benzene rings is 3. The summed E-state index contributed by atoms with van der Waals surface area (Å²) in [6.07, 6.45) is -11.2. The van der Waals surface area contributed by atoms with E-state index in [1.54, 1.807) is 6.92 Å². The van der Waals surface area contributed by atoms with Gasteiger partial charge in [0.05, 0.1) is 33.6 Å². The first-order valence-corrected chi connectivity index (χ1v) is 13.3. The topological polar surface area (TPSA) is 73.2 Å². The zero-order valence-corrected chi connectivity index (χ0v) is 23.7. The van der Waals surface area contributed by atoms with Gasteiger partial charge >= 0.3 is 18.0 Å². The highest BCUT2D eigenvalue weighted by Gasteiger charge is 2.73. The predicted octanol–water partition coefficient (Wildman–Crippen LogP) is 8.57. The molecule has 44 heavy (non-hydrogen) atoms. The van der Waals surface area contributed by atoms with E-state index in [1.807, 2.05) is 6.07 Å². The molecule has 3 aromatic rings. The molecule has 0 heterocycles. The molecule has 0 aromatic heterocycles. The van der Waals surface area contributed by atoms with Crippen molar-refractivity contribution in [3.63, 3.8) is 0 Å². The van der Waals surface area contributed by atoms with Crippen LogP contribution in [0.5, 0.6) is 0 Å². The van der Waals surface area contributed by atoms with Gasteiger partial charge in [0.1, 0.15) is 0 Å². The summed E-state index contributed by atoms with van der Waals surface area (Å²) in [7, 11) is 0. The molecule has 1 aliphatic rings. The van der Waals surface area contributed by atoms with E-state index in [0.29, 0.717) is 11.1 Å². The Labute approximate surface area is 251 Å². The Morgan fingerprint density at radius 3 is 2.11 bits per heavy atom. The molecule has 1 N–H and O–H groups in total. The molecule has 0 atom stereocenters. The van der Waals surface area contributed by atoms with Crippen molar-refractivity contribution in [3.8, 4) is 6.07 Å². The van der Waals surface area contributed by atoms with Crippen molar-refractivity contribution in [1.29, 1.82) is 5.26 Å². The molecule has 1 saturated carbocycles. The summed E-state index contributed by atoms with van der Waals surface area (Å²) in [6.45, 7) is 2.72. The number of carbonyl (C=O) groups excluding carboxylic acids is 2. The normalized spacial score (nSPS) is 13.8. The maximum absolute atomic E-state index is 15.9. The number of halogens is 9. The highest BCUT2D eigenvalue weighted by molar-refractivity contribution is 6.34. The maximum atomic E-state index is 15.9. The van der Waals surface area contributed by atoms with Crippen molar-refractivity contribution in [2.75, 3.05) is 16.8 Å². The number of rotatable bonds is 7. The highest BCUT2D eigenvalue weighted by atomic mass is 35.5. The van der Waals surface area contributed by atoms with Crippen LogP contribution in [0.3, 0.4) is 0 Å². The minimum absolute atomic E-state index is 0.0745. The molecule has 5 nitrogen and oxygen atoms in total. The minimum atomic E-state index is -6.38. The molecule has 0 radical (unpaired) electrons. The van der Waals surface area contributed by atoms with E-state index in [1.165, 1.54) is 35.2 Å². The van der Waals surface area contributed by atoms with Crippen molar-refractivity contribution < 1.29 is 44.7 Å². The van der Waals surface area contributed by atoms with E-state index in [-0.39, 0.29) is 35.8 Å². The number of alkyl halides is 7. The molecule has 0 spiro atoms. The lowest BCUT2D eigenvalue weighted by molar-refractivity contribution is -0.348. The van der Waals surface area contributed by atoms with Crippen LogP contribution < -0.4 is 10.2 Å². The van der Waals surface area contributed by atoms with Crippen molar-refractivity contribution in [2.45, 2.75) is 44.7 Å². The quantitative estimate of drug-likeness (QED) is 0.262. The Hall–Kier alpha value is -4.18. The van der Waals surface area contributed by atoms with E-state index >= 15 is 4.39 Å². The minimum Gasteiger partial charge on any atom is -0.320 e. The lowest BCUT2D eigenvalue weighted by Gasteiger charge is -2.31. The van der Waals surface area contributed by atoms with Gasteiger partial charge in [0.25, 0.3) is 11.8 Å². The Bertz CT molecular complexity index is 1640. The van der Waals surface area contributed by atoms with E-state index in [9.17, 15) is 40.3 Å². The third kappa shape index (κ3) is 6.08. The first-order valence-electron chi connectivity index (χ1n) is 13.0. The van der Waals surface area contributed by atoms with Gasteiger partial charge in [0.2, 0.25) is 0 Å². The second-order valence-corrected chi connectivity index (χ2v) is 10.8. The summed E-state index contributed by atoms with van der Waals surface area (Å²) < 4.78 is 110. The standard InChI is InChI=1S/C30H22ClF8N3O2/c1-15-10-18(13-40)8-9-20(15)27(44)42(14-17-6-7-17)23-5-3-4-21(24(23)32)26(43)41-25-16(2)11-19(12-22(25)31)28(33,29(34,35)36)30(37,38)39/h3-5,8-12,17H,6-7,14H2,1-2H3,(H,41,43). The third-order valence-electron chi connectivity index (χ3n) is 7.19. The summed E-state index contributed by atoms with van der Waals surface area (Å²) in [4.78, 5) is 27.9. The van der Waals surface area contributed by atoms with Crippen LogP contribution in [0.4, 0.5) is 46.5 Å². The summed E-state index contributed by atoms with van der Waals surface area (Å²) in [5.74, 6) is -2.83. The van der Waals surface area contributed by atoms with Crippen molar-refractivity contribution in [3.05, 3.63) is 92.8 Å². The van der Waals surface area contributed by atoms with Crippen LogP contribution in [0.2, 0.25) is 5.02 Å². The molecular formula is C30H22ClF8N3O2. The monoisotopic (exact) mass is 643 g/mol. The van der Waals surface area contributed by atoms with Crippen LogP contribution in [-0.2, 0) is 5.67 Å². The number of carbonyl (C=O) groups is 2. The van der Waals surface area contributed by atoms with Crippen LogP contribution in [0.25, 0.3) is 0 Å². The molecule has 0 bridgehead atoms. The molecule has 0 aliphatic heterocycles. The van der Waals surface area contributed by atoms with Crippen molar-refractivity contribution in [2.24, 2.45) is 5.92 Å². The van der Waals surface area contributed by atoms with Gasteiger partial charge < -0.3 is 10.2 Å². The Kier molecular flexibility index (Phi) is 8.72. The van der Waals surface area contributed by atoms with Gasteiger partial charge in [-0.3, -0.25) is 9.59 Å². The van der Waals surface area contributed by atoms with E-state index in [2.05, 4.69) is 5.32 Å². The van der Waals surface area contributed by atoms with Crippen molar-refractivity contribution in [1.82, 2.24) is 0 Å². The number of nitrogens with zero attached hydrogens (tertiary/aromatic N) is 2. The van der Waals surface area contributed by atoms with Crippen molar-refractivity contribution >= 4 is 34.8 Å². The molecule has 1 aliphatic carbocycles. The summed E-state index contributed by atoms with van der Waals surface area (Å²) in [5, 5.41) is 10.4. The number of aryl methyl sites for hydroxylation is 2. The third-order valence-corrected chi connectivity index (χ3v) is 7.49. The highest BCUT2D eigenvalue weighted by Crippen LogP contribution is 2.54. The van der Waals surface area contributed by atoms with Crippen LogP contribution in [0.1, 0.15) is 55.8 Å². The zero-order chi connectivity index (χ0) is 32.8. The zero-order valence-electron chi connectivity index (χ0n) is 22.9. The molecule has 232 valence electrons. The van der Waals surface area contributed by atoms with Gasteiger partial charge in [-0.1, -0.05) is 23.7 Å². The second-order valence-electron chi connectivity index (χ2n) is 10.4. The number of amides is 2. The van der Waals surface area contributed by atoms with Gasteiger partial charge in [0, 0.05) is 17.7 Å². The van der Waals surface area contributed by atoms with Gasteiger partial charge in [-0.2, -0.15) is 31.6 Å². The Balaban J connectivity index is 1.69. The molecular weight excluding hydrogens is 622 g/mol. The first-order chi connectivity index (χ1) is 20.4. The van der Waals surface area contributed by atoms with Gasteiger partial charge in [0.15, 0.2) is 5.82 Å². The molecule has 4 rings (SSSR count).